The number of anilines is 1. The van der Waals surface area contributed by atoms with Gasteiger partial charge in [-0.2, -0.15) is 0 Å². The number of carbonyl (C=O) groups is 1. The Morgan fingerprint density at radius 1 is 1.05 bits per heavy atom. The number of hydrogen-bond acceptors (Lipinski definition) is 2. The van der Waals surface area contributed by atoms with Gasteiger partial charge in [0.1, 0.15) is 0 Å². The summed E-state index contributed by atoms with van der Waals surface area (Å²) in [4.78, 5) is 12.1. The number of amides is 1. The summed E-state index contributed by atoms with van der Waals surface area (Å²) in [5, 5.41) is 5.98. The molecule has 0 atom stereocenters. The first-order valence-corrected chi connectivity index (χ1v) is 6.72. The molecule has 3 nitrogen and oxygen atoms in total. The maximum absolute atomic E-state index is 12.1. The third-order valence-corrected chi connectivity index (χ3v) is 3.10. The standard InChI is InChI=1S/C16H16N2OS/c1-11-6-5-8-13(10-11)17-16(20)18-15(19)14-9-4-3-7-12(14)2/h3-10H,1-2H3,(H2,17,18,19,20). The Labute approximate surface area is 124 Å². The number of rotatable bonds is 2. The van der Waals surface area contributed by atoms with E-state index in [0.29, 0.717) is 10.7 Å². The zero-order valence-electron chi connectivity index (χ0n) is 11.4. The van der Waals surface area contributed by atoms with Crippen LogP contribution in [0, 0.1) is 13.8 Å². The van der Waals surface area contributed by atoms with Gasteiger partial charge in [0.15, 0.2) is 5.11 Å². The van der Waals surface area contributed by atoms with Crippen molar-refractivity contribution in [2.75, 3.05) is 5.32 Å². The molecule has 102 valence electrons. The van der Waals surface area contributed by atoms with Crippen LogP contribution in [-0.2, 0) is 0 Å². The fourth-order valence-corrected chi connectivity index (χ4v) is 2.09. The quantitative estimate of drug-likeness (QED) is 0.830. The largest absolute Gasteiger partial charge is 0.332 e. The van der Waals surface area contributed by atoms with E-state index in [2.05, 4.69) is 10.6 Å². The molecule has 0 saturated heterocycles. The minimum absolute atomic E-state index is 0.201. The molecule has 0 fully saturated rings. The van der Waals surface area contributed by atoms with Crippen molar-refractivity contribution in [2.24, 2.45) is 0 Å². The van der Waals surface area contributed by atoms with Crippen LogP contribution in [0.3, 0.4) is 0 Å². The van der Waals surface area contributed by atoms with Crippen molar-refractivity contribution in [1.29, 1.82) is 0 Å². The highest BCUT2D eigenvalue weighted by atomic mass is 32.1. The molecule has 4 heteroatoms. The summed E-state index contributed by atoms with van der Waals surface area (Å²) in [6.45, 7) is 3.89. The minimum Gasteiger partial charge on any atom is -0.332 e. The van der Waals surface area contributed by atoms with Gasteiger partial charge in [0.25, 0.3) is 5.91 Å². The normalized spacial score (nSPS) is 9.90. The van der Waals surface area contributed by atoms with Crippen LogP contribution in [0.1, 0.15) is 21.5 Å². The van der Waals surface area contributed by atoms with Crippen molar-refractivity contribution in [3.63, 3.8) is 0 Å². The molecule has 0 radical (unpaired) electrons. The minimum atomic E-state index is -0.201. The first-order chi connectivity index (χ1) is 9.56. The highest BCUT2D eigenvalue weighted by Gasteiger charge is 2.09. The molecule has 0 aliphatic rings. The summed E-state index contributed by atoms with van der Waals surface area (Å²) in [6, 6.07) is 15.2. The Hall–Kier alpha value is -2.20. The van der Waals surface area contributed by atoms with Gasteiger partial charge >= 0.3 is 0 Å². The summed E-state index contributed by atoms with van der Waals surface area (Å²) in [6.07, 6.45) is 0. The fourth-order valence-electron chi connectivity index (χ4n) is 1.88. The number of benzene rings is 2. The summed E-state index contributed by atoms with van der Waals surface area (Å²) in [5.74, 6) is -0.201. The van der Waals surface area contributed by atoms with Crippen molar-refractivity contribution in [3.8, 4) is 0 Å². The maximum Gasteiger partial charge on any atom is 0.257 e. The summed E-state index contributed by atoms with van der Waals surface area (Å²) in [7, 11) is 0. The Balaban J connectivity index is 2.02. The molecule has 0 aliphatic heterocycles. The summed E-state index contributed by atoms with van der Waals surface area (Å²) in [5.41, 5.74) is 3.53. The Bertz CT molecular complexity index is 652. The maximum atomic E-state index is 12.1. The first-order valence-electron chi connectivity index (χ1n) is 6.31. The number of thiocarbonyl (C=S) groups is 1. The van der Waals surface area contributed by atoms with Crippen LogP contribution >= 0.6 is 12.2 Å². The number of aryl methyl sites for hydroxylation is 2. The monoisotopic (exact) mass is 284 g/mol. The van der Waals surface area contributed by atoms with Gasteiger partial charge in [-0.15, -0.1) is 0 Å². The second kappa shape index (κ2) is 6.30. The van der Waals surface area contributed by atoms with E-state index in [9.17, 15) is 4.79 Å². The molecule has 2 aromatic carbocycles. The molecule has 2 N–H and O–H groups in total. The van der Waals surface area contributed by atoms with Crippen molar-refractivity contribution in [1.82, 2.24) is 5.32 Å². The Morgan fingerprint density at radius 2 is 1.80 bits per heavy atom. The molecule has 2 aromatic rings. The van der Waals surface area contributed by atoms with Crippen molar-refractivity contribution in [3.05, 3.63) is 65.2 Å². The van der Waals surface area contributed by atoms with Crippen LogP contribution in [0.15, 0.2) is 48.5 Å². The fraction of sp³-hybridized carbons (Fsp3) is 0.125. The Morgan fingerprint density at radius 3 is 2.50 bits per heavy atom. The van der Waals surface area contributed by atoms with E-state index in [1.165, 1.54) is 0 Å². The van der Waals surface area contributed by atoms with Crippen molar-refractivity contribution >= 4 is 28.9 Å². The van der Waals surface area contributed by atoms with Crippen LogP contribution in [-0.4, -0.2) is 11.0 Å². The van der Waals surface area contributed by atoms with Gasteiger partial charge in [-0.1, -0.05) is 30.3 Å². The van der Waals surface area contributed by atoms with Crippen LogP contribution in [0.2, 0.25) is 0 Å². The van der Waals surface area contributed by atoms with Crippen LogP contribution in [0.5, 0.6) is 0 Å². The van der Waals surface area contributed by atoms with Gasteiger partial charge in [-0.05, 0) is 55.4 Å². The lowest BCUT2D eigenvalue weighted by molar-refractivity contribution is 0.0977. The zero-order chi connectivity index (χ0) is 14.5. The summed E-state index contributed by atoms with van der Waals surface area (Å²) >= 11 is 5.16. The van der Waals surface area contributed by atoms with Crippen molar-refractivity contribution in [2.45, 2.75) is 13.8 Å². The number of carbonyl (C=O) groups excluding carboxylic acids is 1. The second-order valence-electron chi connectivity index (χ2n) is 4.59. The van der Waals surface area contributed by atoms with E-state index >= 15 is 0 Å². The van der Waals surface area contributed by atoms with Gasteiger partial charge in [0.2, 0.25) is 0 Å². The predicted octanol–water partition coefficient (Wildman–Crippen LogP) is 3.43. The molecule has 0 spiro atoms. The number of hydrogen-bond donors (Lipinski definition) is 2. The highest BCUT2D eigenvalue weighted by Crippen LogP contribution is 2.10. The molecule has 0 bridgehead atoms. The highest BCUT2D eigenvalue weighted by molar-refractivity contribution is 7.80. The molecule has 0 saturated carbocycles. The van der Waals surface area contributed by atoms with E-state index in [-0.39, 0.29) is 5.91 Å². The van der Waals surface area contributed by atoms with Gasteiger partial charge < -0.3 is 5.32 Å². The van der Waals surface area contributed by atoms with E-state index in [1.54, 1.807) is 6.07 Å². The lowest BCUT2D eigenvalue weighted by Gasteiger charge is -2.11. The molecular formula is C16H16N2OS. The van der Waals surface area contributed by atoms with Crippen LogP contribution in [0.4, 0.5) is 5.69 Å². The van der Waals surface area contributed by atoms with Crippen LogP contribution < -0.4 is 10.6 Å². The number of nitrogens with one attached hydrogen (secondary N) is 2. The molecule has 0 unspecified atom stereocenters. The molecule has 2 rings (SSSR count). The van der Waals surface area contributed by atoms with Gasteiger partial charge in [-0.3, -0.25) is 10.1 Å². The zero-order valence-corrected chi connectivity index (χ0v) is 12.3. The predicted molar refractivity (Wildman–Crippen MR) is 86.0 cm³/mol. The molecule has 1 amide bonds. The van der Waals surface area contributed by atoms with E-state index in [1.807, 2.05) is 56.3 Å². The first kappa shape index (κ1) is 14.2. The Kier molecular flexibility index (Phi) is 4.48. The average Bonchev–Trinajstić information content (AvgIpc) is 2.38. The van der Waals surface area contributed by atoms with E-state index in [4.69, 9.17) is 12.2 Å². The third-order valence-electron chi connectivity index (χ3n) is 2.89. The molecule has 0 aromatic heterocycles. The molecule has 0 heterocycles. The topological polar surface area (TPSA) is 41.1 Å². The smallest absolute Gasteiger partial charge is 0.257 e. The second-order valence-corrected chi connectivity index (χ2v) is 5.00. The van der Waals surface area contributed by atoms with Crippen LogP contribution in [0.25, 0.3) is 0 Å². The summed E-state index contributed by atoms with van der Waals surface area (Å²) < 4.78 is 0. The van der Waals surface area contributed by atoms with Gasteiger partial charge in [0, 0.05) is 11.3 Å². The SMILES string of the molecule is Cc1cccc(NC(=S)NC(=O)c2ccccc2C)c1. The lowest BCUT2D eigenvalue weighted by Crippen LogP contribution is -2.34. The van der Waals surface area contributed by atoms with Gasteiger partial charge in [-0.25, -0.2) is 0 Å². The van der Waals surface area contributed by atoms with Gasteiger partial charge in [0.05, 0.1) is 0 Å². The van der Waals surface area contributed by atoms with Crippen molar-refractivity contribution < 1.29 is 4.79 Å². The molecule has 0 aliphatic carbocycles. The molecular weight excluding hydrogens is 268 g/mol. The lowest BCUT2D eigenvalue weighted by atomic mass is 10.1. The van der Waals surface area contributed by atoms with E-state index in [0.717, 1.165) is 16.8 Å². The third kappa shape index (κ3) is 3.65. The molecule has 20 heavy (non-hydrogen) atoms. The average molecular weight is 284 g/mol. The van der Waals surface area contributed by atoms with E-state index < -0.39 is 0 Å².